The van der Waals surface area contributed by atoms with Crippen LogP contribution in [0.4, 0.5) is 35.1 Å². The van der Waals surface area contributed by atoms with Gasteiger partial charge in [-0.3, -0.25) is 9.59 Å². The molecular weight excluding hydrogens is 2030 g/mol. The summed E-state index contributed by atoms with van der Waals surface area (Å²) in [5.41, 5.74) is 2.25. The molecule has 0 amide bonds. The van der Waals surface area contributed by atoms with Gasteiger partial charge in [-0.15, -0.1) is 0 Å². The number of phenolic OH excluding ortho intramolecular Hbond substituents is 1. The number of halogens is 8. The summed E-state index contributed by atoms with van der Waals surface area (Å²) in [5.74, 6) is -4.24. The maximum atomic E-state index is 14.0. The van der Waals surface area contributed by atoms with Crippen molar-refractivity contribution in [2.24, 2.45) is 10.8 Å². The van der Waals surface area contributed by atoms with Gasteiger partial charge in [0.25, 0.3) is 20.0 Å². The van der Waals surface area contributed by atoms with E-state index in [0.29, 0.717) is 49.9 Å². The zero-order valence-electron chi connectivity index (χ0n) is 80.5. The Morgan fingerprint density at radius 3 is 1.08 bits per heavy atom. The first-order valence-corrected chi connectivity index (χ1v) is 55.8. The number of benzene rings is 11. The van der Waals surface area contributed by atoms with Gasteiger partial charge in [-0.05, 0) is 249 Å². The number of hydrogen-bond donors (Lipinski definition) is 1. The molecule has 11 aromatic rings. The molecule has 0 bridgehead atoms. The SMILES string of the molecule is CCC(C)(C)C(=O)OC1CCN(S(=O)(=O)C(F)(F)C(F)(F)C(F)(F)S(=O)(=O)[O-])CC1.CCC(C)(C)C(=O)OC1CCN(S(=O)(=O)C(F)(F)S(=O)(=O)[O-])CC1.CCC(C)c1ccc(OCCCOc2ccc(S(=O)(=O)[O-])cc2)cc1.COc1cccc([S+](c2cccc(C)c2)c2cccc(OC)c2)c1.Cc1ccc([S+](c2ccccc2)c2ccccc2)cc1.Oc1cccc([S+](c2ccccc2)c2ccccc2)c1. The number of phenols is 1. The Morgan fingerprint density at radius 2 is 0.734 bits per heavy atom. The van der Waals surface area contributed by atoms with Crippen LogP contribution in [0.1, 0.15) is 129 Å². The fourth-order valence-electron chi connectivity index (χ4n) is 13.4. The van der Waals surface area contributed by atoms with Crippen molar-refractivity contribution in [3.63, 3.8) is 0 Å². The summed E-state index contributed by atoms with van der Waals surface area (Å²) in [4.78, 5) is 35.2. The molecule has 2 fully saturated rings. The fraction of sp³-hybridized carbons (Fsp3) is 0.340. The summed E-state index contributed by atoms with van der Waals surface area (Å²) in [6, 6.07) is 97.6. The van der Waals surface area contributed by atoms with Gasteiger partial charge < -0.3 is 47.2 Å². The van der Waals surface area contributed by atoms with E-state index in [4.69, 9.17) is 28.4 Å². The number of sulfonamides is 2. The smallest absolute Gasteiger partial charge is 0.447 e. The third-order valence-corrected chi connectivity index (χ3v) is 36.6. The summed E-state index contributed by atoms with van der Waals surface area (Å²) in [6.07, 6.45) is 0.169. The minimum atomic E-state index is -7.33. The lowest BCUT2D eigenvalue weighted by Crippen LogP contribution is -2.63. The van der Waals surface area contributed by atoms with Crippen LogP contribution in [0.25, 0.3) is 0 Å². The van der Waals surface area contributed by atoms with Crippen molar-refractivity contribution >= 4 is 95.0 Å². The van der Waals surface area contributed by atoms with Gasteiger partial charge in [-0.1, -0.05) is 161 Å². The molecule has 1 N–H and O–H groups in total. The minimum absolute atomic E-state index is 0.0229. The number of nitrogens with zero attached hydrogens (tertiary/aromatic N) is 2. The van der Waals surface area contributed by atoms with Gasteiger partial charge in [0.15, 0.2) is 64.3 Å². The predicted octanol–water partition coefficient (Wildman–Crippen LogP) is 21.6. The molecule has 13 rings (SSSR count). The normalized spacial score (nSPS) is 14.2. The number of aryl methyl sites for hydroxylation is 2. The molecule has 1 atom stereocenters. The van der Waals surface area contributed by atoms with Gasteiger partial charge in [0.2, 0.25) is 0 Å². The summed E-state index contributed by atoms with van der Waals surface area (Å²) in [5, 5.41) is -3.75. The lowest BCUT2D eigenvalue weighted by molar-refractivity contribution is -0.247. The molecule has 24 nitrogen and oxygen atoms in total. The lowest BCUT2D eigenvalue weighted by atomic mass is 9.90. The van der Waals surface area contributed by atoms with E-state index in [1.54, 1.807) is 61.8 Å². The van der Waals surface area contributed by atoms with E-state index >= 15 is 0 Å². The molecule has 40 heteroatoms. The zero-order valence-corrected chi connectivity index (χ0v) is 87.1. The fourth-order valence-corrected chi connectivity index (χ4v) is 24.7. The third-order valence-electron chi connectivity index (χ3n) is 22.9. The van der Waals surface area contributed by atoms with Crippen molar-refractivity contribution in [3.05, 3.63) is 308 Å². The van der Waals surface area contributed by atoms with Crippen LogP contribution in [0.5, 0.6) is 28.7 Å². The molecule has 0 spiro atoms. The highest BCUT2D eigenvalue weighted by Crippen LogP contribution is 2.52. The highest BCUT2D eigenvalue weighted by Gasteiger charge is 2.81. The molecule has 2 saturated heterocycles. The van der Waals surface area contributed by atoms with Gasteiger partial charge in [0, 0.05) is 50.8 Å². The van der Waals surface area contributed by atoms with E-state index in [9.17, 15) is 106 Å². The van der Waals surface area contributed by atoms with Crippen LogP contribution in [0.3, 0.4) is 0 Å². The van der Waals surface area contributed by atoms with Crippen LogP contribution in [0.15, 0.2) is 340 Å². The van der Waals surface area contributed by atoms with Gasteiger partial charge in [0.05, 0.1) is 75.8 Å². The van der Waals surface area contributed by atoms with E-state index < -0.39 is 145 Å². The number of aromatic hydroxyl groups is 1. The Balaban J connectivity index is 0.000000211. The van der Waals surface area contributed by atoms with E-state index in [-0.39, 0.29) is 59.0 Å². The van der Waals surface area contributed by atoms with Crippen LogP contribution in [-0.4, -0.2) is 168 Å². The first-order chi connectivity index (χ1) is 67.1. The number of carbonyl (C=O) groups excluding carboxylic acids is 2. The number of hydrogen-bond acceptors (Lipinski definition) is 22. The number of esters is 2. The van der Waals surface area contributed by atoms with E-state index in [1.807, 2.05) is 60.7 Å². The summed E-state index contributed by atoms with van der Waals surface area (Å²) < 4.78 is 277. The van der Waals surface area contributed by atoms with Crippen LogP contribution in [0.2, 0.25) is 0 Å². The number of carbonyl (C=O) groups is 2. The molecule has 2 aliphatic heterocycles. The maximum absolute atomic E-state index is 14.0. The average Bonchev–Trinajstić information content (AvgIpc) is 0.715. The van der Waals surface area contributed by atoms with Crippen LogP contribution in [0, 0.1) is 24.7 Å². The monoisotopic (exact) mass is 2140 g/mol. The number of alkyl halides is 8. The Morgan fingerprint density at radius 1 is 0.399 bits per heavy atom. The summed E-state index contributed by atoms with van der Waals surface area (Å²) in [6.45, 7) is 16.8. The van der Waals surface area contributed by atoms with Crippen molar-refractivity contribution in [2.45, 2.75) is 209 Å². The number of methoxy groups -OCH3 is 2. The quantitative estimate of drug-likeness (QED) is 0.0129. The molecule has 11 aromatic carbocycles. The second-order valence-corrected chi connectivity index (χ2v) is 48.5. The summed E-state index contributed by atoms with van der Waals surface area (Å²) in [7, 11) is -27.3. The Kier molecular flexibility index (Phi) is 42.7. The second kappa shape index (κ2) is 51.9. The largest absolute Gasteiger partial charge is 0.744 e. The van der Waals surface area contributed by atoms with Crippen molar-refractivity contribution < 1.29 is 134 Å². The van der Waals surface area contributed by atoms with Crippen LogP contribution in [-0.2, 0) is 102 Å². The predicted molar refractivity (Wildman–Crippen MR) is 530 cm³/mol. The molecule has 2 aliphatic rings. The minimum Gasteiger partial charge on any atom is -0.744 e. The Hall–Kier alpha value is -10.6. The zero-order chi connectivity index (χ0) is 106. The molecule has 0 saturated carbocycles. The highest BCUT2D eigenvalue weighted by atomic mass is 32.3. The standard InChI is InChI=1S/C21H21O2S.C19H24O5S.C19H17S.C18H14OS.C14H21F6NO7S2.C12H21F2NO7S2/c1-16-7-4-10-19(13-16)24(20-11-5-8-17(14-20)22-2)21-12-6-9-18(15-21)23-3;1-3-15(2)16-5-7-17(8-6-16)23-13-4-14-24-18-9-11-19(12-10-18)25(20,21)22;1-16-12-14-19(15-13-16)20(17-8-4-2-5-9-17)18-10-6-3-7-11-18;19-15-8-7-13-18(14-15)20(16-9-3-1-4-10-16)17-11-5-2-6-12-17;1-4-11(2,3)10(22)28-9-5-7-21(8-6-9)29(23,24)13(17,18)12(15,16)14(19,20)30(25,26)27;1-4-11(2,3)10(16)22-9-5-7-15(8-6-9)23(17,18)12(13,14)24(19,20)21/h4-15H,1-3H3;5-12,15H,3-4,13-14H2,1-2H3,(H,20,21,22);2-15H,1H3;1-14H;9H,4-8H2,1-3H3,(H,25,26,27);9H,4-8H2,1-3H3,(H,19,20,21)/q+1;;+1;;;/p-2. The van der Waals surface area contributed by atoms with E-state index in [0.717, 1.165) is 28.6 Å². The van der Waals surface area contributed by atoms with Crippen molar-refractivity contribution in [2.75, 3.05) is 53.6 Å². The topological polar surface area (TPSA) is 356 Å². The lowest BCUT2D eigenvalue weighted by Gasteiger charge is -2.38. The third kappa shape index (κ3) is 31.7. The Bertz CT molecular complexity index is 6400. The van der Waals surface area contributed by atoms with Gasteiger partial charge in [0.1, 0.15) is 51.1 Å². The van der Waals surface area contributed by atoms with Crippen LogP contribution < -0.4 is 18.9 Å². The second-order valence-electron chi connectivity index (χ2n) is 34.0. The van der Waals surface area contributed by atoms with Crippen molar-refractivity contribution in [3.8, 4) is 28.7 Å². The van der Waals surface area contributed by atoms with Gasteiger partial charge in [-0.25, -0.2) is 42.1 Å². The van der Waals surface area contributed by atoms with Crippen molar-refractivity contribution in [1.29, 1.82) is 0 Å². The molecule has 143 heavy (non-hydrogen) atoms. The van der Waals surface area contributed by atoms with Crippen LogP contribution >= 0.6 is 0 Å². The first-order valence-electron chi connectivity index (χ1n) is 45.0. The van der Waals surface area contributed by atoms with Gasteiger partial charge in [-0.2, -0.15) is 43.7 Å². The first kappa shape index (κ1) is 118. The molecule has 0 aromatic heterocycles. The van der Waals surface area contributed by atoms with Crippen molar-refractivity contribution in [1.82, 2.24) is 8.61 Å². The molecule has 0 radical (unpaired) electrons. The van der Waals surface area contributed by atoms with E-state index in [2.05, 4.69) is 228 Å². The van der Waals surface area contributed by atoms with E-state index in [1.165, 1.54) is 80.1 Å². The van der Waals surface area contributed by atoms with Gasteiger partial charge >= 0.3 is 33.0 Å². The molecular formula is C103H116F8N2O22S8. The molecule has 0 aliphatic carbocycles. The number of piperidine rings is 2. The average molecular weight is 2140 g/mol. The Labute approximate surface area is 841 Å². The molecule has 2 heterocycles. The number of ether oxygens (including phenoxy) is 6. The molecule has 1 unspecified atom stereocenters. The number of rotatable bonds is 34. The maximum Gasteiger partial charge on any atom is 0.447 e. The molecule has 774 valence electrons. The highest BCUT2D eigenvalue weighted by molar-refractivity contribution is 8.06. The summed E-state index contributed by atoms with van der Waals surface area (Å²) >= 11 is 0.